The van der Waals surface area contributed by atoms with Crippen molar-refractivity contribution in [1.29, 1.82) is 0 Å². The van der Waals surface area contributed by atoms with Crippen LogP contribution < -0.4 is 0 Å². The molecule has 1 heteroatoms. The fourth-order valence-electron chi connectivity index (χ4n) is 1.41. The van der Waals surface area contributed by atoms with Crippen molar-refractivity contribution in [3.63, 3.8) is 0 Å². The number of allylic oxidation sites excluding steroid dienone is 2. The van der Waals surface area contributed by atoms with Crippen LogP contribution in [0.1, 0.15) is 18.9 Å². The van der Waals surface area contributed by atoms with Gasteiger partial charge in [0.15, 0.2) is 0 Å². The fraction of sp³-hybridized carbons (Fsp3) is 0.286. The second-order valence-electron chi connectivity index (χ2n) is 3.71. The first-order chi connectivity index (χ1) is 7.22. The fourth-order valence-corrected chi connectivity index (χ4v) is 1.41. The van der Waals surface area contributed by atoms with Gasteiger partial charge in [-0.2, -0.15) is 0 Å². The van der Waals surface area contributed by atoms with E-state index in [1.807, 2.05) is 31.2 Å². The van der Waals surface area contributed by atoms with Gasteiger partial charge in [0, 0.05) is 0 Å². The maximum Gasteiger partial charge on any atom is 0.0729 e. The molecular weight excluding hydrogens is 184 g/mol. The Morgan fingerprint density at radius 3 is 2.67 bits per heavy atom. The minimum absolute atomic E-state index is 0.372. The van der Waals surface area contributed by atoms with Crippen LogP contribution in [0.15, 0.2) is 54.6 Å². The van der Waals surface area contributed by atoms with Gasteiger partial charge >= 0.3 is 0 Å². The zero-order valence-electron chi connectivity index (χ0n) is 9.19. The van der Waals surface area contributed by atoms with Gasteiger partial charge < -0.3 is 5.11 Å². The van der Waals surface area contributed by atoms with Gasteiger partial charge in [0.25, 0.3) is 0 Å². The lowest BCUT2D eigenvalue weighted by molar-refractivity contribution is 0.212. The SMILES string of the molecule is C=C/C(C)=C/C(O)CCc1ccccc1. The largest absolute Gasteiger partial charge is 0.389 e. The van der Waals surface area contributed by atoms with Crippen LogP contribution in [0.2, 0.25) is 0 Å². The van der Waals surface area contributed by atoms with Gasteiger partial charge in [-0.25, -0.2) is 0 Å². The van der Waals surface area contributed by atoms with Gasteiger partial charge in [-0.1, -0.05) is 54.6 Å². The molecule has 0 spiro atoms. The minimum atomic E-state index is -0.372. The molecule has 1 aromatic carbocycles. The van der Waals surface area contributed by atoms with Crippen molar-refractivity contribution in [1.82, 2.24) is 0 Å². The zero-order valence-corrected chi connectivity index (χ0v) is 9.19. The lowest BCUT2D eigenvalue weighted by atomic mass is 10.1. The van der Waals surface area contributed by atoms with E-state index in [2.05, 4.69) is 18.7 Å². The summed E-state index contributed by atoms with van der Waals surface area (Å²) in [5.41, 5.74) is 2.29. The summed E-state index contributed by atoms with van der Waals surface area (Å²) in [5, 5.41) is 9.69. The van der Waals surface area contributed by atoms with Gasteiger partial charge in [0.2, 0.25) is 0 Å². The summed E-state index contributed by atoms with van der Waals surface area (Å²) in [6, 6.07) is 10.2. The molecule has 1 unspecified atom stereocenters. The van der Waals surface area contributed by atoms with Crippen molar-refractivity contribution >= 4 is 0 Å². The Balaban J connectivity index is 2.41. The van der Waals surface area contributed by atoms with Gasteiger partial charge in [0.1, 0.15) is 0 Å². The standard InChI is InChI=1S/C14H18O/c1-3-12(2)11-14(15)10-9-13-7-5-4-6-8-13/h3-8,11,14-15H,1,9-10H2,2H3/b12-11+. The first-order valence-corrected chi connectivity index (χ1v) is 5.25. The highest BCUT2D eigenvalue weighted by Crippen LogP contribution is 2.07. The molecule has 80 valence electrons. The number of aryl methyl sites for hydroxylation is 1. The molecule has 0 aliphatic rings. The summed E-state index contributed by atoms with van der Waals surface area (Å²) in [7, 11) is 0. The molecule has 1 N–H and O–H groups in total. The summed E-state index contributed by atoms with van der Waals surface area (Å²) >= 11 is 0. The molecule has 0 bridgehead atoms. The van der Waals surface area contributed by atoms with E-state index < -0.39 is 0 Å². The van der Waals surface area contributed by atoms with E-state index >= 15 is 0 Å². The van der Waals surface area contributed by atoms with Gasteiger partial charge in [0.05, 0.1) is 6.10 Å². The summed E-state index contributed by atoms with van der Waals surface area (Å²) in [6.45, 7) is 5.60. The van der Waals surface area contributed by atoms with E-state index in [4.69, 9.17) is 0 Å². The molecule has 0 saturated carbocycles. The van der Waals surface area contributed by atoms with Crippen molar-refractivity contribution in [2.24, 2.45) is 0 Å². The molecule has 0 radical (unpaired) electrons. The molecule has 0 aliphatic carbocycles. The van der Waals surface area contributed by atoms with E-state index in [0.717, 1.165) is 18.4 Å². The Labute approximate surface area is 91.8 Å². The predicted octanol–water partition coefficient (Wildman–Crippen LogP) is 3.11. The van der Waals surface area contributed by atoms with Gasteiger partial charge in [-0.15, -0.1) is 0 Å². The first kappa shape index (κ1) is 11.7. The predicted molar refractivity (Wildman–Crippen MR) is 64.7 cm³/mol. The molecule has 1 atom stereocenters. The minimum Gasteiger partial charge on any atom is -0.389 e. The lowest BCUT2D eigenvalue weighted by Gasteiger charge is -2.06. The van der Waals surface area contributed by atoms with Crippen LogP contribution in [0.25, 0.3) is 0 Å². The van der Waals surface area contributed by atoms with Crippen molar-refractivity contribution in [3.05, 3.63) is 60.2 Å². The molecule has 0 amide bonds. The molecule has 15 heavy (non-hydrogen) atoms. The van der Waals surface area contributed by atoms with Gasteiger partial charge in [-0.3, -0.25) is 0 Å². The maximum absolute atomic E-state index is 9.69. The van der Waals surface area contributed by atoms with Crippen LogP contribution in [-0.4, -0.2) is 11.2 Å². The molecule has 0 fully saturated rings. The highest BCUT2D eigenvalue weighted by molar-refractivity contribution is 5.17. The van der Waals surface area contributed by atoms with Crippen molar-refractivity contribution in [2.45, 2.75) is 25.9 Å². The number of aliphatic hydroxyl groups is 1. The van der Waals surface area contributed by atoms with E-state index in [1.165, 1.54) is 5.56 Å². The van der Waals surface area contributed by atoms with Crippen molar-refractivity contribution in [2.75, 3.05) is 0 Å². The summed E-state index contributed by atoms with van der Waals surface area (Å²) in [4.78, 5) is 0. The third-order valence-corrected chi connectivity index (χ3v) is 2.35. The quantitative estimate of drug-likeness (QED) is 0.727. The number of benzene rings is 1. The summed E-state index contributed by atoms with van der Waals surface area (Å²) in [6.07, 6.45) is 4.89. The number of hydrogen-bond acceptors (Lipinski definition) is 1. The van der Waals surface area contributed by atoms with E-state index in [-0.39, 0.29) is 6.10 Å². The Hall–Kier alpha value is -1.34. The second-order valence-corrected chi connectivity index (χ2v) is 3.71. The smallest absolute Gasteiger partial charge is 0.0729 e. The third kappa shape index (κ3) is 4.61. The Morgan fingerprint density at radius 1 is 1.40 bits per heavy atom. The monoisotopic (exact) mass is 202 g/mol. The normalized spacial score (nSPS) is 13.6. The number of rotatable bonds is 5. The van der Waals surface area contributed by atoms with Crippen LogP contribution in [-0.2, 0) is 6.42 Å². The Morgan fingerprint density at radius 2 is 2.07 bits per heavy atom. The molecule has 0 saturated heterocycles. The average Bonchev–Trinajstić information content (AvgIpc) is 2.27. The summed E-state index contributed by atoms with van der Waals surface area (Å²) in [5.74, 6) is 0. The topological polar surface area (TPSA) is 20.2 Å². The van der Waals surface area contributed by atoms with Crippen molar-refractivity contribution in [3.8, 4) is 0 Å². The second kappa shape index (κ2) is 6.20. The van der Waals surface area contributed by atoms with Crippen LogP contribution in [0, 0.1) is 0 Å². The highest BCUT2D eigenvalue weighted by atomic mass is 16.3. The first-order valence-electron chi connectivity index (χ1n) is 5.25. The van der Waals surface area contributed by atoms with E-state index in [9.17, 15) is 5.11 Å². The average molecular weight is 202 g/mol. The molecule has 1 rings (SSSR count). The maximum atomic E-state index is 9.69. The molecule has 0 heterocycles. The molecular formula is C14H18O. The molecule has 0 aromatic heterocycles. The molecule has 0 aliphatic heterocycles. The van der Waals surface area contributed by atoms with E-state index in [1.54, 1.807) is 6.08 Å². The molecule has 1 aromatic rings. The zero-order chi connectivity index (χ0) is 11.1. The van der Waals surface area contributed by atoms with Crippen LogP contribution in [0.4, 0.5) is 0 Å². The Bertz CT molecular complexity index is 324. The van der Waals surface area contributed by atoms with Crippen LogP contribution >= 0.6 is 0 Å². The highest BCUT2D eigenvalue weighted by Gasteiger charge is 2.00. The lowest BCUT2D eigenvalue weighted by Crippen LogP contribution is -2.04. The van der Waals surface area contributed by atoms with Crippen LogP contribution in [0.5, 0.6) is 0 Å². The summed E-state index contributed by atoms with van der Waals surface area (Å²) < 4.78 is 0. The van der Waals surface area contributed by atoms with Crippen molar-refractivity contribution < 1.29 is 5.11 Å². The molecule has 1 nitrogen and oxygen atoms in total. The number of hydrogen-bond donors (Lipinski definition) is 1. The van der Waals surface area contributed by atoms with Gasteiger partial charge in [-0.05, 0) is 25.3 Å². The van der Waals surface area contributed by atoms with E-state index in [0.29, 0.717) is 0 Å². The number of aliphatic hydroxyl groups excluding tert-OH is 1. The third-order valence-electron chi connectivity index (χ3n) is 2.35. The van der Waals surface area contributed by atoms with Crippen LogP contribution in [0.3, 0.4) is 0 Å². The Kier molecular flexibility index (Phi) is 4.85.